The largest absolute Gasteiger partial charge is 0.348 e. The standard InChI is InChI=1S/C23H29FN4O4S/c1-15(17-3-5-19(24)6-4-17)26-22(29)16(2)28-13-11-18(12-14-28)23(30)27-20-7-9-21(10-8-20)33(25,31)32/h3-10,15-16,18H,11-14H2,1-2H3,(H,26,29)(H,27,30)(H2,25,31,32). The average molecular weight is 477 g/mol. The molecule has 0 saturated carbocycles. The van der Waals surface area contributed by atoms with Crippen LogP contribution in [0.1, 0.15) is 38.3 Å². The third kappa shape index (κ3) is 6.59. The Balaban J connectivity index is 1.48. The SMILES string of the molecule is CC(NC(=O)C(C)N1CCC(C(=O)Nc2ccc(S(N)(=O)=O)cc2)CC1)c1ccc(F)cc1. The van der Waals surface area contributed by atoms with Crippen LogP contribution in [-0.2, 0) is 19.6 Å². The fraction of sp³-hybridized carbons (Fsp3) is 0.391. The van der Waals surface area contributed by atoms with Crippen LogP contribution >= 0.6 is 0 Å². The van der Waals surface area contributed by atoms with Crippen LogP contribution in [0.2, 0.25) is 0 Å². The number of nitrogens with one attached hydrogen (secondary N) is 2. The van der Waals surface area contributed by atoms with Gasteiger partial charge in [-0.1, -0.05) is 12.1 Å². The number of carbonyl (C=O) groups is 2. The summed E-state index contributed by atoms with van der Waals surface area (Å²) in [5.41, 5.74) is 1.32. The molecule has 0 radical (unpaired) electrons. The first-order chi connectivity index (χ1) is 15.5. The number of sulfonamides is 1. The lowest BCUT2D eigenvalue weighted by Gasteiger charge is -2.35. The second-order valence-electron chi connectivity index (χ2n) is 8.33. The quantitative estimate of drug-likeness (QED) is 0.567. The third-order valence-electron chi connectivity index (χ3n) is 6.01. The molecular formula is C23H29FN4O4S. The summed E-state index contributed by atoms with van der Waals surface area (Å²) in [6.45, 7) is 4.88. The van der Waals surface area contributed by atoms with E-state index in [-0.39, 0.29) is 40.5 Å². The maximum absolute atomic E-state index is 13.1. The number of primary sulfonamides is 1. The number of likely N-dealkylation sites (tertiary alicyclic amines) is 1. The lowest BCUT2D eigenvalue weighted by Crippen LogP contribution is -2.49. The number of nitrogens with two attached hydrogens (primary N) is 1. The summed E-state index contributed by atoms with van der Waals surface area (Å²) in [7, 11) is -3.78. The summed E-state index contributed by atoms with van der Waals surface area (Å²) in [5.74, 6) is -0.782. The number of piperidine rings is 1. The predicted octanol–water partition coefficient (Wildman–Crippen LogP) is 2.39. The lowest BCUT2D eigenvalue weighted by atomic mass is 9.94. The van der Waals surface area contributed by atoms with Gasteiger partial charge in [0.05, 0.1) is 17.0 Å². The molecule has 178 valence electrons. The highest BCUT2D eigenvalue weighted by Crippen LogP contribution is 2.22. The van der Waals surface area contributed by atoms with Crippen molar-refractivity contribution in [1.82, 2.24) is 10.2 Å². The molecule has 1 aliphatic heterocycles. The summed E-state index contributed by atoms with van der Waals surface area (Å²) >= 11 is 0. The molecule has 4 N–H and O–H groups in total. The highest BCUT2D eigenvalue weighted by atomic mass is 32.2. The Kier molecular flexibility index (Phi) is 7.83. The van der Waals surface area contributed by atoms with Gasteiger partial charge in [-0.3, -0.25) is 14.5 Å². The Morgan fingerprint density at radius 3 is 2.15 bits per heavy atom. The van der Waals surface area contributed by atoms with Crippen LogP contribution < -0.4 is 15.8 Å². The van der Waals surface area contributed by atoms with Crippen molar-refractivity contribution >= 4 is 27.5 Å². The number of anilines is 1. The molecule has 2 aromatic rings. The maximum atomic E-state index is 13.1. The highest BCUT2D eigenvalue weighted by Gasteiger charge is 2.30. The Morgan fingerprint density at radius 2 is 1.61 bits per heavy atom. The van der Waals surface area contributed by atoms with Crippen molar-refractivity contribution in [3.8, 4) is 0 Å². The normalized spacial score (nSPS) is 17.2. The first-order valence-electron chi connectivity index (χ1n) is 10.8. The molecule has 0 bridgehead atoms. The van der Waals surface area contributed by atoms with E-state index in [4.69, 9.17) is 5.14 Å². The Bertz CT molecular complexity index is 1080. The number of amides is 2. The molecule has 2 amide bonds. The van der Waals surface area contributed by atoms with E-state index in [2.05, 4.69) is 10.6 Å². The van der Waals surface area contributed by atoms with Crippen LogP contribution in [0.15, 0.2) is 53.4 Å². The summed E-state index contributed by atoms with van der Waals surface area (Å²) in [5, 5.41) is 10.8. The number of benzene rings is 2. The van der Waals surface area contributed by atoms with Crippen LogP contribution in [0, 0.1) is 11.7 Å². The molecule has 1 saturated heterocycles. The van der Waals surface area contributed by atoms with E-state index in [0.717, 1.165) is 5.56 Å². The molecule has 1 heterocycles. The second-order valence-corrected chi connectivity index (χ2v) is 9.89. The minimum atomic E-state index is -3.78. The van der Waals surface area contributed by atoms with Gasteiger partial charge >= 0.3 is 0 Å². The van der Waals surface area contributed by atoms with E-state index in [0.29, 0.717) is 31.6 Å². The summed E-state index contributed by atoms with van der Waals surface area (Å²) in [4.78, 5) is 27.3. The molecule has 2 aromatic carbocycles. The highest BCUT2D eigenvalue weighted by molar-refractivity contribution is 7.89. The number of nitrogens with zero attached hydrogens (tertiary/aromatic N) is 1. The monoisotopic (exact) mass is 476 g/mol. The lowest BCUT2D eigenvalue weighted by molar-refractivity contribution is -0.127. The Morgan fingerprint density at radius 1 is 1.03 bits per heavy atom. The third-order valence-corrected chi connectivity index (χ3v) is 6.94. The fourth-order valence-corrected chi connectivity index (χ4v) is 4.37. The molecule has 1 aliphatic rings. The Labute approximate surface area is 193 Å². The van der Waals surface area contributed by atoms with Crippen LogP contribution in [-0.4, -0.2) is 44.3 Å². The van der Waals surface area contributed by atoms with Crippen LogP contribution in [0.4, 0.5) is 10.1 Å². The smallest absolute Gasteiger partial charge is 0.238 e. The Hall–Kier alpha value is -2.82. The average Bonchev–Trinajstić information content (AvgIpc) is 2.78. The molecule has 3 rings (SSSR count). The number of rotatable bonds is 7. The van der Waals surface area contributed by atoms with Crippen molar-refractivity contribution in [3.05, 3.63) is 59.9 Å². The van der Waals surface area contributed by atoms with Crippen molar-refractivity contribution in [2.24, 2.45) is 11.1 Å². The van der Waals surface area contributed by atoms with E-state index in [1.165, 1.54) is 36.4 Å². The van der Waals surface area contributed by atoms with Crippen molar-refractivity contribution in [3.63, 3.8) is 0 Å². The van der Waals surface area contributed by atoms with Crippen molar-refractivity contribution < 1.29 is 22.4 Å². The second kappa shape index (κ2) is 10.4. The van der Waals surface area contributed by atoms with Gasteiger partial charge in [0.15, 0.2) is 0 Å². The van der Waals surface area contributed by atoms with Gasteiger partial charge in [-0.2, -0.15) is 0 Å². The van der Waals surface area contributed by atoms with Gasteiger partial charge in [-0.05, 0) is 81.7 Å². The van der Waals surface area contributed by atoms with Gasteiger partial charge in [-0.25, -0.2) is 17.9 Å². The van der Waals surface area contributed by atoms with E-state index >= 15 is 0 Å². The summed E-state index contributed by atoms with van der Waals surface area (Å²) in [6.07, 6.45) is 1.21. The van der Waals surface area contributed by atoms with Crippen LogP contribution in [0.25, 0.3) is 0 Å². The molecule has 0 aliphatic carbocycles. The zero-order valence-electron chi connectivity index (χ0n) is 18.6. The van der Waals surface area contributed by atoms with Gasteiger partial charge in [-0.15, -0.1) is 0 Å². The fourth-order valence-electron chi connectivity index (χ4n) is 3.86. The van der Waals surface area contributed by atoms with Crippen molar-refractivity contribution in [1.29, 1.82) is 0 Å². The predicted molar refractivity (Wildman–Crippen MR) is 123 cm³/mol. The van der Waals surface area contributed by atoms with Gasteiger partial charge in [0, 0.05) is 11.6 Å². The maximum Gasteiger partial charge on any atom is 0.238 e. The molecule has 33 heavy (non-hydrogen) atoms. The van der Waals surface area contributed by atoms with Gasteiger partial charge in [0.25, 0.3) is 0 Å². The first-order valence-corrected chi connectivity index (χ1v) is 12.3. The van der Waals surface area contributed by atoms with E-state index in [1.54, 1.807) is 12.1 Å². The zero-order chi connectivity index (χ0) is 24.2. The first kappa shape index (κ1) is 24.8. The minimum Gasteiger partial charge on any atom is -0.348 e. The number of hydrogen-bond acceptors (Lipinski definition) is 5. The van der Waals surface area contributed by atoms with Crippen LogP contribution in [0.5, 0.6) is 0 Å². The molecular weight excluding hydrogens is 447 g/mol. The van der Waals surface area contributed by atoms with Gasteiger partial charge in [0.1, 0.15) is 5.82 Å². The number of hydrogen-bond donors (Lipinski definition) is 3. The number of halogens is 1. The summed E-state index contributed by atoms with van der Waals surface area (Å²) < 4.78 is 35.8. The van der Waals surface area contributed by atoms with Crippen molar-refractivity contribution in [2.75, 3.05) is 18.4 Å². The number of carbonyl (C=O) groups excluding carboxylic acids is 2. The van der Waals surface area contributed by atoms with Crippen LogP contribution in [0.3, 0.4) is 0 Å². The van der Waals surface area contributed by atoms with Crippen molar-refractivity contribution in [2.45, 2.75) is 43.7 Å². The van der Waals surface area contributed by atoms with Gasteiger partial charge in [0.2, 0.25) is 21.8 Å². The molecule has 2 atom stereocenters. The molecule has 8 nitrogen and oxygen atoms in total. The zero-order valence-corrected chi connectivity index (χ0v) is 19.4. The molecule has 10 heteroatoms. The molecule has 0 spiro atoms. The topological polar surface area (TPSA) is 122 Å². The molecule has 0 aromatic heterocycles. The minimum absolute atomic E-state index is 0.0187. The van der Waals surface area contributed by atoms with E-state index in [1.807, 2.05) is 18.7 Å². The van der Waals surface area contributed by atoms with E-state index in [9.17, 15) is 22.4 Å². The summed E-state index contributed by atoms with van der Waals surface area (Å²) in [6, 6.07) is 11.1. The van der Waals surface area contributed by atoms with Gasteiger partial charge < -0.3 is 10.6 Å². The molecule has 2 unspecified atom stereocenters. The van der Waals surface area contributed by atoms with E-state index < -0.39 is 10.0 Å². The molecule has 1 fully saturated rings.